The van der Waals surface area contributed by atoms with E-state index < -0.39 is 0 Å². The summed E-state index contributed by atoms with van der Waals surface area (Å²) in [6.07, 6.45) is 8.72. The van der Waals surface area contributed by atoms with Crippen LogP contribution in [0.5, 0.6) is 0 Å². The second-order valence-electron chi connectivity index (χ2n) is 5.63. The molecule has 1 fully saturated rings. The van der Waals surface area contributed by atoms with E-state index in [1.54, 1.807) is 18.2 Å². The van der Waals surface area contributed by atoms with E-state index in [-0.39, 0.29) is 5.82 Å². The van der Waals surface area contributed by atoms with Crippen LogP contribution in [0.3, 0.4) is 0 Å². The summed E-state index contributed by atoms with van der Waals surface area (Å²) in [6, 6.07) is 5.97. The fraction of sp³-hybridized carbons (Fsp3) is 0.444. The summed E-state index contributed by atoms with van der Waals surface area (Å²) in [5.74, 6) is -0.191. The van der Waals surface area contributed by atoms with Crippen molar-refractivity contribution in [2.45, 2.75) is 38.3 Å². The zero-order valence-electron chi connectivity index (χ0n) is 12.7. The van der Waals surface area contributed by atoms with Crippen LogP contribution >= 0.6 is 0 Å². The van der Waals surface area contributed by atoms with Gasteiger partial charge in [0.15, 0.2) is 0 Å². The van der Waals surface area contributed by atoms with E-state index in [1.807, 2.05) is 17.0 Å². The minimum absolute atomic E-state index is 0.191. The Morgan fingerprint density at radius 1 is 1.19 bits per heavy atom. The van der Waals surface area contributed by atoms with E-state index in [0.29, 0.717) is 24.8 Å². The minimum Gasteiger partial charge on any atom is -0.362 e. The third-order valence-electron chi connectivity index (χ3n) is 4.00. The highest BCUT2D eigenvalue weighted by Crippen LogP contribution is 2.22. The maximum atomic E-state index is 14.1. The van der Waals surface area contributed by atoms with Gasteiger partial charge in [0.1, 0.15) is 5.82 Å². The van der Waals surface area contributed by atoms with Gasteiger partial charge in [0.2, 0.25) is 0 Å². The van der Waals surface area contributed by atoms with Gasteiger partial charge in [-0.05, 0) is 30.5 Å². The Balaban J connectivity index is 2.07. The lowest BCUT2D eigenvalue weighted by Crippen LogP contribution is -2.26. The summed E-state index contributed by atoms with van der Waals surface area (Å²) in [7, 11) is 0. The summed E-state index contributed by atoms with van der Waals surface area (Å²) in [5.41, 5.74) is 1.75. The van der Waals surface area contributed by atoms with Gasteiger partial charge in [-0.25, -0.2) is 4.39 Å². The fourth-order valence-electron chi connectivity index (χ4n) is 2.89. The van der Waals surface area contributed by atoms with Crippen LogP contribution in [0.15, 0.2) is 43.5 Å². The van der Waals surface area contributed by atoms with Crippen molar-refractivity contribution in [2.75, 3.05) is 18.0 Å². The Labute approximate surface area is 127 Å². The predicted octanol–water partition coefficient (Wildman–Crippen LogP) is 4.04. The Morgan fingerprint density at radius 3 is 2.48 bits per heavy atom. The normalized spacial score (nSPS) is 15.1. The molecule has 0 saturated heterocycles. The lowest BCUT2D eigenvalue weighted by Gasteiger charge is -2.23. The number of rotatable bonds is 8. The summed E-state index contributed by atoms with van der Waals surface area (Å²) in [4.78, 5) is 1.94. The molecule has 1 saturated carbocycles. The molecular formula is C18H25FN2. The lowest BCUT2D eigenvalue weighted by molar-refractivity contribution is 0.523. The molecule has 3 heteroatoms. The molecule has 21 heavy (non-hydrogen) atoms. The molecular weight excluding hydrogens is 263 g/mol. The average molecular weight is 288 g/mol. The molecule has 1 aliphatic carbocycles. The molecule has 0 heterocycles. The Hall–Kier alpha value is -1.61. The number of hydrogen-bond acceptors (Lipinski definition) is 2. The molecule has 1 N–H and O–H groups in total. The van der Waals surface area contributed by atoms with Gasteiger partial charge in [-0.1, -0.05) is 31.1 Å². The summed E-state index contributed by atoms with van der Waals surface area (Å²) >= 11 is 0. The Morgan fingerprint density at radius 2 is 1.86 bits per heavy atom. The molecule has 2 rings (SSSR count). The molecule has 0 unspecified atom stereocenters. The van der Waals surface area contributed by atoms with Crippen molar-refractivity contribution in [1.82, 2.24) is 5.32 Å². The average Bonchev–Trinajstić information content (AvgIpc) is 3.00. The number of anilines is 1. The van der Waals surface area contributed by atoms with Gasteiger partial charge in [0.25, 0.3) is 0 Å². The van der Waals surface area contributed by atoms with Gasteiger partial charge in [-0.15, -0.1) is 13.2 Å². The third-order valence-corrected chi connectivity index (χ3v) is 4.00. The van der Waals surface area contributed by atoms with Crippen LogP contribution < -0.4 is 10.2 Å². The van der Waals surface area contributed by atoms with Crippen LogP contribution in [-0.2, 0) is 6.54 Å². The topological polar surface area (TPSA) is 15.3 Å². The maximum Gasteiger partial charge on any atom is 0.146 e. The van der Waals surface area contributed by atoms with E-state index in [4.69, 9.17) is 0 Å². The van der Waals surface area contributed by atoms with Crippen LogP contribution in [0.4, 0.5) is 10.1 Å². The maximum absolute atomic E-state index is 14.1. The largest absolute Gasteiger partial charge is 0.362 e. The van der Waals surface area contributed by atoms with Gasteiger partial charge < -0.3 is 10.2 Å². The number of nitrogens with one attached hydrogen (secondary N) is 1. The van der Waals surface area contributed by atoms with Crippen molar-refractivity contribution < 1.29 is 4.39 Å². The van der Waals surface area contributed by atoms with Gasteiger partial charge in [-0.2, -0.15) is 0 Å². The first-order valence-corrected chi connectivity index (χ1v) is 7.73. The monoisotopic (exact) mass is 288 g/mol. The van der Waals surface area contributed by atoms with E-state index in [0.717, 1.165) is 12.1 Å². The van der Waals surface area contributed by atoms with E-state index in [9.17, 15) is 4.39 Å². The lowest BCUT2D eigenvalue weighted by atomic mass is 10.1. The van der Waals surface area contributed by atoms with Gasteiger partial charge in [0.05, 0.1) is 5.69 Å². The Bertz CT molecular complexity index is 468. The zero-order valence-corrected chi connectivity index (χ0v) is 12.7. The van der Waals surface area contributed by atoms with Gasteiger partial charge in [-0.3, -0.25) is 0 Å². The standard InChI is InChI=1S/C18H25FN2/c1-3-11-21(12-4-2)18-13-15(9-10-17(18)19)14-20-16-7-5-6-8-16/h3-4,9-10,13,16,20H,1-2,5-8,11-12,14H2. The molecule has 114 valence electrons. The highest BCUT2D eigenvalue weighted by atomic mass is 19.1. The van der Waals surface area contributed by atoms with Crippen molar-refractivity contribution >= 4 is 5.69 Å². The molecule has 2 nitrogen and oxygen atoms in total. The predicted molar refractivity (Wildman–Crippen MR) is 88.1 cm³/mol. The molecule has 0 radical (unpaired) electrons. The van der Waals surface area contributed by atoms with Gasteiger partial charge in [0, 0.05) is 25.7 Å². The SMILES string of the molecule is C=CCN(CC=C)c1cc(CNC2CCCC2)ccc1F. The molecule has 1 aromatic carbocycles. The quantitative estimate of drug-likeness (QED) is 0.726. The smallest absolute Gasteiger partial charge is 0.146 e. The van der Waals surface area contributed by atoms with Crippen molar-refractivity contribution in [1.29, 1.82) is 0 Å². The number of halogens is 1. The molecule has 0 bridgehead atoms. The van der Waals surface area contributed by atoms with E-state index in [1.165, 1.54) is 25.7 Å². The highest BCUT2D eigenvalue weighted by molar-refractivity contribution is 5.51. The highest BCUT2D eigenvalue weighted by Gasteiger charge is 2.15. The first-order chi connectivity index (χ1) is 10.2. The summed E-state index contributed by atoms with van der Waals surface area (Å²) in [6.45, 7) is 9.50. The van der Waals surface area contributed by atoms with Crippen molar-refractivity contribution in [2.24, 2.45) is 0 Å². The zero-order chi connectivity index (χ0) is 15.1. The minimum atomic E-state index is -0.191. The third kappa shape index (κ3) is 4.43. The second-order valence-corrected chi connectivity index (χ2v) is 5.63. The molecule has 1 aromatic rings. The summed E-state index contributed by atoms with van der Waals surface area (Å²) in [5, 5.41) is 3.57. The fourth-order valence-corrected chi connectivity index (χ4v) is 2.89. The van der Waals surface area contributed by atoms with Crippen LogP contribution in [0, 0.1) is 5.82 Å². The van der Waals surface area contributed by atoms with E-state index in [2.05, 4.69) is 18.5 Å². The number of nitrogens with zero attached hydrogens (tertiary/aromatic N) is 1. The second kappa shape index (κ2) is 7.99. The van der Waals surface area contributed by atoms with Gasteiger partial charge >= 0.3 is 0 Å². The van der Waals surface area contributed by atoms with Crippen LogP contribution in [0.1, 0.15) is 31.2 Å². The molecule has 0 aromatic heterocycles. The molecule has 0 spiro atoms. The Kier molecular flexibility index (Phi) is 6.00. The first kappa shape index (κ1) is 15.8. The molecule has 0 atom stereocenters. The summed E-state index contributed by atoms with van der Waals surface area (Å²) < 4.78 is 14.1. The molecule has 0 amide bonds. The van der Waals surface area contributed by atoms with Crippen LogP contribution in [0.25, 0.3) is 0 Å². The molecule has 0 aliphatic heterocycles. The number of hydrogen-bond donors (Lipinski definition) is 1. The number of benzene rings is 1. The van der Waals surface area contributed by atoms with Crippen LogP contribution in [0.2, 0.25) is 0 Å². The van der Waals surface area contributed by atoms with Crippen LogP contribution in [-0.4, -0.2) is 19.1 Å². The van der Waals surface area contributed by atoms with E-state index >= 15 is 0 Å². The first-order valence-electron chi connectivity index (χ1n) is 7.73. The molecule has 1 aliphatic rings. The van der Waals surface area contributed by atoms with Crippen molar-refractivity contribution in [3.05, 3.63) is 54.9 Å². The van der Waals surface area contributed by atoms with Crippen molar-refractivity contribution in [3.63, 3.8) is 0 Å². The van der Waals surface area contributed by atoms with Crippen molar-refractivity contribution in [3.8, 4) is 0 Å².